The van der Waals surface area contributed by atoms with Gasteiger partial charge < -0.3 is 10.2 Å². The first-order chi connectivity index (χ1) is 10.1. The molecule has 2 N–H and O–H groups in total. The Hall–Kier alpha value is -0.480. The van der Waals surface area contributed by atoms with E-state index in [2.05, 4.69) is 6.92 Å². The van der Waals surface area contributed by atoms with Crippen LogP contribution in [0.5, 0.6) is 0 Å². The number of hydrogen-bond acceptors (Lipinski definition) is 2. The van der Waals surface area contributed by atoms with Crippen molar-refractivity contribution in [3.05, 3.63) is 0 Å². The Bertz CT molecular complexity index is 286. The summed E-state index contributed by atoms with van der Waals surface area (Å²) in [6, 6.07) is 0. The number of rotatable bonds is 15. The van der Waals surface area contributed by atoms with Crippen LogP contribution in [0, 0.1) is 5.92 Å². The summed E-state index contributed by atoms with van der Waals surface area (Å²) in [5, 5.41) is 17.2. The van der Waals surface area contributed by atoms with Gasteiger partial charge in [-0.3, -0.25) is 9.59 Å². The predicted molar refractivity (Wildman–Crippen MR) is 99.0 cm³/mol. The average molecular weight is 373 g/mol. The molecule has 0 aromatic carbocycles. The summed E-state index contributed by atoms with van der Waals surface area (Å²) >= 11 is 0. The van der Waals surface area contributed by atoms with Gasteiger partial charge in [0.2, 0.25) is 0 Å². The lowest BCUT2D eigenvalue weighted by atomic mass is 9.93. The molecule has 4 nitrogen and oxygen atoms in total. The largest absolute Gasteiger partial charge is 0.481 e. The zero-order chi connectivity index (χ0) is 15.9. The van der Waals surface area contributed by atoms with Gasteiger partial charge in [-0.1, -0.05) is 64.7 Å². The first-order valence-corrected chi connectivity index (χ1v) is 8.49. The molecule has 1 unspecified atom stereocenters. The number of unbranched alkanes of at least 4 members (excludes halogenated alkanes) is 7. The number of hydrogen-bond donors (Lipinski definition) is 2. The quantitative estimate of drug-likeness (QED) is 0.361. The second-order valence-corrected chi connectivity index (χ2v) is 5.97. The number of halogens is 2. The van der Waals surface area contributed by atoms with E-state index in [4.69, 9.17) is 10.2 Å². The molecule has 23 heavy (non-hydrogen) atoms. The molecular weight excluding hydrogens is 339 g/mol. The zero-order valence-electron chi connectivity index (χ0n) is 14.3. The highest BCUT2D eigenvalue weighted by Crippen LogP contribution is 2.20. The van der Waals surface area contributed by atoms with Crippen molar-refractivity contribution < 1.29 is 19.8 Å². The van der Waals surface area contributed by atoms with Crippen LogP contribution in [-0.2, 0) is 9.59 Å². The number of carboxylic acid groups (broad SMARTS) is 2. The second-order valence-electron chi connectivity index (χ2n) is 5.97. The molecule has 0 aliphatic rings. The lowest BCUT2D eigenvalue weighted by Gasteiger charge is -2.13. The third-order valence-corrected chi connectivity index (χ3v) is 4.10. The van der Waals surface area contributed by atoms with Crippen LogP contribution in [0.4, 0.5) is 0 Å². The molecule has 0 spiro atoms. The maximum atomic E-state index is 10.5. The molecule has 0 saturated carbocycles. The first kappa shape index (κ1) is 27.4. The minimum Gasteiger partial charge on any atom is -0.481 e. The maximum Gasteiger partial charge on any atom is 0.303 e. The molecule has 0 aromatic rings. The second kappa shape index (κ2) is 19.6. The fraction of sp³-hybridized carbons (Fsp3) is 0.882. The minimum absolute atomic E-state index is 0. The smallest absolute Gasteiger partial charge is 0.303 e. The fourth-order valence-corrected chi connectivity index (χ4v) is 2.65. The SMILES string of the molecule is CCC(CCCCCCCCCCC(=O)O)CCC(=O)O.Cl.Cl. The summed E-state index contributed by atoms with van der Waals surface area (Å²) in [4.78, 5) is 20.9. The molecule has 0 aliphatic heterocycles. The maximum absolute atomic E-state index is 10.5. The minimum atomic E-state index is -0.691. The van der Waals surface area contributed by atoms with Crippen LogP contribution in [0.25, 0.3) is 0 Å². The normalized spacial score (nSPS) is 11.2. The van der Waals surface area contributed by atoms with Gasteiger partial charge in [0.15, 0.2) is 0 Å². The van der Waals surface area contributed by atoms with Gasteiger partial charge in [-0.2, -0.15) is 0 Å². The summed E-state index contributed by atoms with van der Waals surface area (Å²) in [6.07, 6.45) is 12.7. The van der Waals surface area contributed by atoms with Crippen LogP contribution in [0.3, 0.4) is 0 Å². The van der Waals surface area contributed by atoms with Crippen LogP contribution in [-0.4, -0.2) is 22.2 Å². The van der Waals surface area contributed by atoms with Crippen molar-refractivity contribution in [3.63, 3.8) is 0 Å². The van der Waals surface area contributed by atoms with Crippen LogP contribution in [0.1, 0.15) is 90.4 Å². The topological polar surface area (TPSA) is 74.6 Å². The van der Waals surface area contributed by atoms with Gasteiger partial charge in [0.25, 0.3) is 0 Å². The molecular formula is C17H34Cl2O4. The van der Waals surface area contributed by atoms with E-state index < -0.39 is 11.9 Å². The molecule has 0 aliphatic carbocycles. The molecule has 0 radical (unpaired) electrons. The molecule has 0 saturated heterocycles. The zero-order valence-corrected chi connectivity index (χ0v) is 15.9. The van der Waals surface area contributed by atoms with E-state index in [0.29, 0.717) is 18.8 Å². The van der Waals surface area contributed by atoms with Crippen LogP contribution in [0.15, 0.2) is 0 Å². The van der Waals surface area contributed by atoms with Crippen molar-refractivity contribution in [1.29, 1.82) is 0 Å². The molecule has 0 bridgehead atoms. The Balaban J connectivity index is -0.00000200. The highest BCUT2D eigenvalue weighted by Gasteiger charge is 2.08. The number of aliphatic carboxylic acids is 2. The van der Waals surface area contributed by atoms with Crippen LogP contribution >= 0.6 is 24.8 Å². The molecule has 6 heteroatoms. The van der Waals surface area contributed by atoms with Crippen molar-refractivity contribution in [1.82, 2.24) is 0 Å². The van der Waals surface area contributed by atoms with E-state index in [1.165, 1.54) is 32.1 Å². The Morgan fingerprint density at radius 1 is 0.696 bits per heavy atom. The van der Waals surface area contributed by atoms with Crippen molar-refractivity contribution in [2.24, 2.45) is 5.92 Å². The van der Waals surface area contributed by atoms with Crippen molar-refractivity contribution in [2.45, 2.75) is 90.4 Å². The van der Waals surface area contributed by atoms with E-state index in [9.17, 15) is 9.59 Å². The van der Waals surface area contributed by atoms with Gasteiger partial charge in [0.05, 0.1) is 0 Å². The molecule has 0 rings (SSSR count). The Morgan fingerprint density at radius 2 is 1.13 bits per heavy atom. The van der Waals surface area contributed by atoms with Crippen molar-refractivity contribution in [2.75, 3.05) is 0 Å². The van der Waals surface area contributed by atoms with E-state index >= 15 is 0 Å². The van der Waals surface area contributed by atoms with Gasteiger partial charge in [0.1, 0.15) is 0 Å². The number of carboxylic acids is 2. The molecule has 0 aromatic heterocycles. The molecule has 0 fully saturated rings. The third kappa shape index (κ3) is 21.5. The first-order valence-electron chi connectivity index (χ1n) is 8.49. The Kier molecular flexibility index (Phi) is 23.3. The highest BCUT2D eigenvalue weighted by atomic mass is 35.5. The molecule has 0 amide bonds. The van der Waals surface area contributed by atoms with Gasteiger partial charge in [-0.25, -0.2) is 0 Å². The van der Waals surface area contributed by atoms with Gasteiger partial charge in [0, 0.05) is 12.8 Å². The predicted octanol–water partition coefficient (Wildman–Crippen LogP) is 5.71. The molecule has 0 heterocycles. The van der Waals surface area contributed by atoms with Gasteiger partial charge in [-0.05, 0) is 18.8 Å². The lowest BCUT2D eigenvalue weighted by molar-refractivity contribution is -0.138. The Morgan fingerprint density at radius 3 is 1.57 bits per heavy atom. The standard InChI is InChI=1S/C17H32O4.2ClH/c1-2-15(13-14-17(20)21)11-9-7-5-3-4-6-8-10-12-16(18)19;;/h15H,2-14H2,1H3,(H,18,19)(H,20,21);2*1H. The third-order valence-electron chi connectivity index (χ3n) is 4.10. The summed E-state index contributed by atoms with van der Waals surface area (Å²) in [7, 11) is 0. The summed E-state index contributed by atoms with van der Waals surface area (Å²) in [5.74, 6) is -0.808. The Labute approximate surface area is 153 Å². The van der Waals surface area contributed by atoms with E-state index in [1.54, 1.807) is 0 Å². The highest BCUT2D eigenvalue weighted by molar-refractivity contribution is 5.85. The monoisotopic (exact) mass is 372 g/mol. The van der Waals surface area contributed by atoms with Crippen LogP contribution < -0.4 is 0 Å². The van der Waals surface area contributed by atoms with Gasteiger partial charge in [-0.15, -0.1) is 24.8 Å². The molecule has 1 atom stereocenters. The van der Waals surface area contributed by atoms with E-state index in [-0.39, 0.29) is 24.8 Å². The summed E-state index contributed by atoms with van der Waals surface area (Å²) < 4.78 is 0. The van der Waals surface area contributed by atoms with Crippen molar-refractivity contribution in [3.8, 4) is 0 Å². The summed E-state index contributed by atoms with van der Waals surface area (Å²) in [5.41, 5.74) is 0. The van der Waals surface area contributed by atoms with Gasteiger partial charge >= 0.3 is 11.9 Å². The van der Waals surface area contributed by atoms with Crippen LogP contribution in [0.2, 0.25) is 0 Å². The summed E-state index contributed by atoms with van der Waals surface area (Å²) in [6.45, 7) is 2.14. The fourth-order valence-electron chi connectivity index (χ4n) is 2.65. The number of carbonyl (C=O) groups is 2. The molecule has 140 valence electrons. The van der Waals surface area contributed by atoms with E-state index in [1.807, 2.05) is 0 Å². The van der Waals surface area contributed by atoms with Crippen molar-refractivity contribution >= 4 is 36.8 Å². The van der Waals surface area contributed by atoms with E-state index in [0.717, 1.165) is 38.5 Å². The average Bonchev–Trinajstić information content (AvgIpc) is 2.43. The lowest BCUT2D eigenvalue weighted by Crippen LogP contribution is -2.03.